The largest absolute Gasteiger partial charge is 0.489 e. The number of benzene rings is 3. The zero-order valence-electron chi connectivity index (χ0n) is 16.2. The Hall–Kier alpha value is -3.32. The molecule has 29 heavy (non-hydrogen) atoms. The van der Waals surface area contributed by atoms with Crippen molar-refractivity contribution in [3.05, 3.63) is 90.0 Å². The van der Waals surface area contributed by atoms with Crippen molar-refractivity contribution in [1.82, 2.24) is 0 Å². The van der Waals surface area contributed by atoms with Gasteiger partial charge in [0, 0.05) is 18.3 Å². The van der Waals surface area contributed by atoms with Crippen LogP contribution in [0.3, 0.4) is 0 Å². The fourth-order valence-electron chi connectivity index (χ4n) is 2.64. The number of anilines is 2. The van der Waals surface area contributed by atoms with Crippen molar-refractivity contribution in [2.75, 3.05) is 22.9 Å². The molecule has 7 heteroatoms. The average Bonchev–Trinajstić information content (AvgIpc) is 2.72. The lowest BCUT2D eigenvalue weighted by atomic mass is 10.2. The molecule has 0 unspecified atom stereocenters. The van der Waals surface area contributed by atoms with Crippen LogP contribution in [0.4, 0.5) is 11.4 Å². The van der Waals surface area contributed by atoms with Gasteiger partial charge in [0.2, 0.25) is 10.0 Å². The van der Waals surface area contributed by atoms with Crippen molar-refractivity contribution in [2.45, 2.75) is 6.61 Å². The van der Waals surface area contributed by atoms with Crippen LogP contribution >= 0.6 is 0 Å². The molecule has 0 saturated heterocycles. The highest BCUT2D eigenvalue weighted by atomic mass is 32.2. The van der Waals surface area contributed by atoms with Crippen LogP contribution in [0.15, 0.2) is 78.9 Å². The Morgan fingerprint density at radius 2 is 1.69 bits per heavy atom. The molecule has 3 rings (SSSR count). The number of carbonyl (C=O) groups is 1. The molecule has 3 aromatic rings. The first-order valence-corrected chi connectivity index (χ1v) is 10.8. The fourth-order valence-corrected chi connectivity index (χ4v) is 3.14. The summed E-state index contributed by atoms with van der Waals surface area (Å²) in [6, 6.07) is 23.3. The zero-order chi connectivity index (χ0) is 20.9. The summed E-state index contributed by atoms with van der Waals surface area (Å²) >= 11 is 0. The van der Waals surface area contributed by atoms with Gasteiger partial charge >= 0.3 is 0 Å². The quantitative estimate of drug-likeness (QED) is 0.641. The molecule has 0 saturated carbocycles. The molecule has 0 fully saturated rings. The van der Waals surface area contributed by atoms with Gasteiger partial charge in [0.25, 0.3) is 5.91 Å². The van der Waals surface area contributed by atoms with Crippen molar-refractivity contribution in [2.24, 2.45) is 0 Å². The maximum absolute atomic E-state index is 12.6. The van der Waals surface area contributed by atoms with E-state index < -0.39 is 10.0 Å². The van der Waals surface area contributed by atoms with Crippen LogP contribution in [-0.2, 0) is 16.6 Å². The monoisotopic (exact) mass is 410 g/mol. The lowest BCUT2D eigenvalue weighted by Crippen LogP contribution is -2.24. The van der Waals surface area contributed by atoms with Crippen LogP contribution in [0.5, 0.6) is 5.75 Å². The van der Waals surface area contributed by atoms with E-state index in [1.165, 1.54) is 7.05 Å². The van der Waals surface area contributed by atoms with E-state index in [1.54, 1.807) is 48.5 Å². The van der Waals surface area contributed by atoms with Gasteiger partial charge in [-0.05, 0) is 42.0 Å². The number of ether oxygens (including phenoxy) is 1. The maximum atomic E-state index is 12.6. The number of nitrogens with zero attached hydrogens (tertiary/aromatic N) is 1. The Kier molecular flexibility index (Phi) is 6.19. The minimum absolute atomic E-state index is 0.311. The van der Waals surface area contributed by atoms with Crippen molar-refractivity contribution in [3.8, 4) is 5.75 Å². The summed E-state index contributed by atoms with van der Waals surface area (Å²) in [6.45, 7) is 0.409. The summed E-state index contributed by atoms with van der Waals surface area (Å²) in [5.74, 6) is 0.279. The fraction of sp³-hybridized carbons (Fsp3) is 0.136. The zero-order valence-corrected chi connectivity index (χ0v) is 17.0. The molecule has 6 nitrogen and oxygen atoms in total. The third-order valence-corrected chi connectivity index (χ3v) is 5.52. The van der Waals surface area contributed by atoms with Crippen molar-refractivity contribution in [1.29, 1.82) is 0 Å². The molecule has 0 heterocycles. The highest BCUT2D eigenvalue weighted by Gasteiger charge is 2.13. The van der Waals surface area contributed by atoms with E-state index in [0.717, 1.165) is 16.1 Å². The molecule has 0 spiro atoms. The van der Waals surface area contributed by atoms with Gasteiger partial charge < -0.3 is 10.1 Å². The Bertz CT molecular complexity index is 1100. The van der Waals surface area contributed by atoms with E-state index >= 15 is 0 Å². The number of hydrogen-bond acceptors (Lipinski definition) is 4. The van der Waals surface area contributed by atoms with Gasteiger partial charge in [-0.15, -0.1) is 0 Å². The number of nitrogens with one attached hydrogen (secondary N) is 1. The average molecular weight is 410 g/mol. The third-order valence-electron chi connectivity index (χ3n) is 4.31. The molecule has 150 valence electrons. The molecule has 0 aliphatic rings. The van der Waals surface area contributed by atoms with Gasteiger partial charge in [-0.2, -0.15) is 0 Å². The van der Waals surface area contributed by atoms with E-state index in [9.17, 15) is 13.2 Å². The molecular formula is C22H22N2O4S. The lowest BCUT2D eigenvalue weighted by Gasteiger charge is -2.17. The molecule has 0 bridgehead atoms. The molecule has 0 aromatic heterocycles. The first-order valence-electron chi connectivity index (χ1n) is 8.95. The highest BCUT2D eigenvalue weighted by Crippen LogP contribution is 2.22. The predicted octanol–water partition coefficient (Wildman–Crippen LogP) is 3.91. The van der Waals surface area contributed by atoms with Crippen LogP contribution in [0.25, 0.3) is 0 Å². The first kappa shape index (κ1) is 20.4. The molecule has 0 aliphatic carbocycles. The maximum Gasteiger partial charge on any atom is 0.255 e. The number of carbonyl (C=O) groups excluding carboxylic acids is 1. The van der Waals surface area contributed by atoms with E-state index in [4.69, 9.17) is 4.74 Å². The van der Waals surface area contributed by atoms with Gasteiger partial charge in [-0.1, -0.05) is 42.5 Å². The van der Waals surface area contributed by atoms with E-state index in [0.29, 0.717) is 29.3 Å². The smallest absolute Gasteiger partial charge is 0.255 e. The Labute approximate surface area is 170 Å². The third kappa shape index (κ3) is 5.58. The van der Waals surface area contributed by atoms with Gasteiger partial charge in [0.15, 0.2) is 0 Å². The predicted molar refractivity (Wildman–Crippen MR) is 115 cm³/mol. The second kappa shape index (κ2) is 8.79. The van der Waals surface area contributed by atoms with Crippen LogP contribution in [-0.4, -0.2) is 27.6 Å². The van der Waals surface area contributed by atoms with Crippen LogP contribution < -0.4 is 14.4 Å². The lowest BCUT2D eigenvalue weighted by molar-refractivity contribution is 0.102. The summed E-state index contributed by atoms with van der Waals surface area (Å²) in [5, 5.41) is 2.79. The van der Waals surface area contributed by atoms with Crippen molar-refractivity contribution >= 4 is 27.3 Å². The van der Waals surface area contributed by atoms with E-state index in [2.05, 4.69) is 5.32 Å². The molecule has 3 aromatic carbocycles. The van der Waals surface area contributed by atoms with Crippen molar-refractivity contribution < 1.29 is 17.9 Å². The minimum atomic E-state index is -3.38. The van der Waals surface area contributed by atoms with Gasteiger partial charge in [0.1, 0.15) is 12.4 Å². The highest BCUT2D eigenvalue weighted by molar-refractivity contribution is 7.92. The Morgan fingerprint density at radius 1 is 0.966 bits per heavy atom. The Balaban J connectivity index is 1.70. The normalized spacial score (nSPS) is 11.0. The summed E-state index contributed by atoms with van der Waals surface area (Å²) in [5.41, 5.74) is 2.44. The molecule has 0 radical (unpaired) electrons. The second-order valence-electron chi connectivity index (χ2n) is 6.54. The summed E-state index contributed by atoms with van der Waals surface area (Å²) < 4.78 is 30.3. The number of sulfonamides is 1. The van der Waals surface area contributed by atoms with Crippen LogP contribution in [0.2, 0.25) is 0 Å². The van der Waals surface area contributed by atoms with Gasteiger partial charge in [0.05, 0.1) is 11.9 Å². The SMILES string of the molecule is CN(c1cccc(NC(=O)c2cccc(OCc3ccccc3)c2)c1)S(C)(=O)=O. The number of hydrogen-bond donors (Lipinski definition) is 1. The van der Waals surface area contributed by atoms with Crippen molar-refractivity contribution in [3.63, 3.8) is 0 Å². The van der Waals surface area contributed by atoms with Crippen LogP contribution in [0.1, 0.15) is 15.9 Å². The van der Waals surface area contributed by atoms with E-state index in [-0.39, 0.29) is 5.91 Å². The molecular weight excluding hydrogens is 388 g/mol. The van der Waals surface area contributed by atoms with Gasteiger partial charge in [-0.3, -0.25) is 9.10 Å². The summed E-state index contributed by atoms with van der Waals surface area (Å²) in [6.07, 6.45) is 1.12. The molecule has 1 N–H and O–H groups in total. The topological polar surface area (TPSA) is 75.7 Å². The number of rotatable bonds is 7. The second-order valence-corrected chi connectivity index (χ2v) is 8.55. The standard InChI is InChI=1S/C22H22N2O4S/c1-24(29(2,26)27)20-12-7-11-19(15-20)23-22(25)18-10-6-13-21(14-18)28-16-17-8-4-3-5-9-17/h3-15H,16H2,1-2H3,(H,23,25). The molecule has 0 aliphatic heterocycles. The summed E-state index contributed by atoms with van der Waals surface area (Å²) in [7, 11) is -1.92. The molecule has 0 atom stereocenters. The molecule has 1 amide bonds. The Morgan fingerprint density at radius 3 is 2.41 bits per heavy atom. The van der Waals surface area contributed by atoms with Gasteiger partial charge in [-0.25, -0.2) is 8.42 Å². The minimum Gasteiger partial charge on any atom is -0.489 e. The number of amides is 1. The van der Waals surface area contributed by atoms with Crippen LogP contribution in [0, 0.1) is 0 Å². The van der Waals surface area contributed by atoms with E-state index in [1.807, 2.05) is 30.3 Å². The summed E-state index contributed by atoms with van der Waals surface area (Å²) in [4.78, 5) is 12.6. The first-order chi connectivity index (χ1) is 13.8.